The van der Waals surface area contributed by atoms with Gasteiger partial charge in [0, 0.05) is 12.5 Å². The van der Waals surface area contributed by atoms with Gasteiger partial charge in [-0.2, -0.15) is 0 Å². The summed E-state index contributed by atoms with van der Waals surface area (Å²) in [4.78, 5) is 0. The van der Waals surface area contributed by atoms with Crippen molar-refractivity contribution >= 4 is 0 Å². The second kappa shape index (κ2) is 5.90. The first-order chi connectivity index (χ1) is 7.88. The topological polar surface area (TPSA) is 21.3 Å². The summed E-state index contributed by atoms with van der Waals surface area (Å²) in [7, 11) is 0. The van der Waals surface area contributed by atoms with E-state index in [1.165, 1.54) is 24.9 Å². The average Bonchev–Trinajstić information content (AvgIpc) is 2.38. The van der Waals surface area contributed by atoms with Crippen LogP contribution in [0.1, 0.15) is 25.3 Å². The summed E-state index contributed by atoms with van der Waals surface area (Å²) in [6, 6.07) is 8.42. The predicted molar refractivity (Wildman–Crippen MR) is 66.9 cm³/mol. The lowest BCUT2D eigenvalue weighted by molar-refractivity contribution is 0.218. The molecule has 0 bridgehead atoms. The molecular weight excluding hydrogens is 198 g/mol. The van der Waals surface area contributed by atoms with Crippen LogP contribution < -0.4 is 10.1 Å². The lowest BCUT2D eigenvalue weighted by atomic mass is 10.0. The molecule has 0 unspecified atom stereocenters. The van der Waals surface area contributed by atoms with Crippen LogP contribution in [0, 0.1) is 5.92 Å². The van der Waals surface area contributed by atoms with E-state index in [4.69, 9.17) is 4.74 Å². The first kappa shape index (κ1) is 11.5. The lowest BCUT2D eigenvalue weighted by Gasteiger charge is -2.22. The van der Waals surface area contributed by atoms with Gasteiger partial charge in [0.2, 0.25) is 0 Å². The minimum Gasteiger partial charge on any atom is -0.493 e. The van der Waals surface area contributed by atoms with Crippen molar-refractivity contribution in [2.75, 3.05) is 19.7 Å². The second-order valence-electron chi connectivity index (χ2n) is 4.52. The Morgan fingerprint density at radius 2 is 2.38 bits per heavy atom. The van der Waals surface area contributed by atoms with Gasteiger partial charge < -0.3 is 10.1 Å². The Balaban J connectivity index is 1.83. The van der Waals surface area contributed by atoms with Gasteiger partial charge in [-0.3, -0.25) is 0 Å². The number of benzene rings is 1. The molecule has 1 aromatic carbocycles. The smallest absolute Gasteiger partial charge is 0.119 e. The molecule has 1 aromatic rings. The molecule has 0 saturated carbocycles. The molecule has 0 radical (unpaired) electrons. The van der Waals surface area contributed by atoms with Crippen LogP contribution in [0.15, 0.2) is 24.3 Å². The van der Waals surface area contributed by atoms with Crippen molar-refractivity contribution in [3.63, 3.8) is 0 Å². The molecular formula is C14H21NO. The summed E-state index contributed by atoms with van der Waals surface area (Å²) >= 11 is 0. The summed E-state index contributed by atoms with van der Waals surface area (Å²) in [5.74, 6) is 1.70. The summed E-state index contributed by atoms with van der Waals surface area (Å²) in [5, 5.41) is 3.41. The third kappa shape index (κ3) is 3.24. The number of piperidine rings is 1. The van der Waals surface area contributed by atoms with Gasteiger partial charge in [0.25, 0.3) is 0 Å². The monoisotopic (exact) mass is 219 g/mol. The van der Waals surface area contributed by atoms with Crippen molar-refractivity contribution in [1.82, 2.24) is 5.32 Å². The zero-order valence-corrected chi connectivity index (χ0v) is 10.0. The highest BCUT2D eigenvalue weighted by atomic mass is 16.5. The largest absolute Gasteiger partial charge is 0.493 e. The van der Waals surface area contributed by atoms with E-state index >= 15 is 0 Å². The Hall–Kier alpha value is -1.02. The number of nitrogens with one attached hydrogen (secondary N) is 1. The summed E-state index contributed by atoms with van der Waals surface area (Å²) in [6.07, 6.45) is 3.64. The zero-order valence-electron chi connectivity index (χ0n) is 10.0. The molecule has 1 saturated heterocycles. The standard InChI is InChI=1S/C14H21NO/c1-2-12-5-3-7-14(9-12)16-11-13-6-4-8-15-10-13/h3,5,7,9,13,15H,2,4,6,8,10-11H2,1H3/t13-/m1/s1. The maximum atomic E-state index is 5.85. The fraction of sp³-hybridized carbons (Fsp3) is 0.571. The Morgan fingerprint density at radius 3 is 3.12 bits per heavy atom. The van der Waals surface area contributed by atoms with Crippen molar-refractivity contribution in [2.45, 2.75) is 26.2 Å². The normalized spacial score (nSPS) is 20.7. The summed E-state index contributed by atoms with van der Waals surface area (Å²) in [6.45, 7) is 5.29. The van der Waals surface area contributed by atoms with E-state index in [2.05, 4.69) is 36.5 Å². The fourth-order valence-electron chi connectivity index (χ4n) is 2.14. The summed E-state index contributed by atoms with van der Waals surface area (Å²) in [5.41, 5.74) is 1.35. The van der Waals surface area contributed by atoms with E-state index < -0.39 is 0 Å². The minimum atomic E-state index is 0.680. The number of hydrogen-bond donors (Lipinski definition) is 1. The van der Waals surface area contributed by atoms with Crippen LogP contribution in [0.2, 0.25) is 0 Å². The van der Waals surface area contributed by atoms with E-state index in [0.717, 1.165) is 25.3 Å². The van der Waals surface area contributed by atoms with Crippen LogP contribution in [-0.2, 0) is 6.42 Å². The Kier molecular flexibility index (Phi) is 4.23. The molecule has 2 nitrogen and oxygen atoms in total. The van der Waals surface area contributed by atoms with Crippen molar-refractivity contribution < 1.29 is 4.74 Å². The molecule has 0 spiro atoms. The molecule has 0 aromatic heterocycles. The maximum Gasteiger partial charge on any atom is 0.119 e. The molecule has 0 amide bonds. The van der Waals surface area contributed by atoms with E-state index in [0.29, 0.717) is 5.92 Å². The van der Waals surface area contributed by atoms with Crippen LogP contribution in [0.4, 0.5) is 0 Å². The van der Waals surface area contributed by atoms with Crippen molar-refractivity contribution in [3.8, 4) is 5.75 Å². The van der Waals surface area contributed by atoms with Crippen molar-refractivity contribution in [1.29, 1.82) is 0 Å². The van der Waals surface area contributed by atoms with Gasteiger partial charge >= 0.3 is 0 Å². The summed E-state index contributed by atoms with van der Waals surface area (Å²) < 4.78 is 5.85. The number of aryl methyl sites for hydroxylation is 1. The first-order valence-electron chi connectivity index (χ1n) is 6.31. The molecule has 1 aliphatic rings. The van der Waals surface area contributed by atoms with Gasteiger partial charge in [-0.05, 0) is 43.5 Å². The van der Waals surface area contributed by atoms with Gasteiger partial charge in [-0.15, -0.1) is 0 Å². The molecule has 1 fully saturated rings. The quantitative estimate of drug-likeness (QED) is 0.840. The third-order valence-corrected chi connectivity index (χ3v) is 3.19. The molecule has 16 heavy (non-hydrogen) atoms. The van der Waals surface area contributed by atoms with Gasteiger partial charge in [-0.1, -0.05) is 19.1 Å². The van der Waals surface area contributed by atoms with Gasteiger partial charge in [0.1, 0.15) is 5.75 Å². The predicted octanol–water partition coefficient (Wildman–Crippen LogP) is 2.63. The number of hydrogen-bond acceptors (Lipinski definition) is 2. The molecule has 2 heteroatoms. The molecule has 1 heterocycles. The minimum absolute atomic E-state index is 0.680. The molecule has 1 atom stereocenters. The van der Waals surface area contributed by atoms with Gasteiger partial charge in [0.15, 0.2) is 0 Å². The highest BCUT2D eigenvalue weighted by molar-refractivity contribution is 5.28. The van der Waals surface area contributed by atoms with E-state index in [1.807, 2.05) is 0 Å². The van der Waals surface area contributed by atoms with Gasteiger partial charge in [-0.25, -0.2) is 0 Å². The average molecular weight is 219 g/mol. The highest BCUT2D eigenvalue weighted by Gasteiger charge is 2.13. The molecule has 2 rings (SSSR count). The highest BCUT2D eigenvalue weighted by Crippen LogP contribution is 2.16. The third-order valence-electron chi connectivity index (χ3n) is 3.19. The van der Waals surface area contributed by atoms with E-state index in [9.17, 15) is 0 Å². The van der Waals surface area contributed by atoms with Crippen LogP contribution in [-0.4, -0.2) is 19.7 Å². The first-order valence-corrected chi connectivity index (χ1v) is 6.31. The molecule has 0 aliphatic carbocycles. The fourth-order valence-corrected chi connectivity index (χ4v) is 2.14. The second-order valence-corrected chi connectivity index (χ2v) is 4.52. The van der Waals surface area contributed by atoms with Crippen molar-refractivity contribution in [3.05, 3.63) is 29.8 Å². The SMILES string of the molecule is CCc1cccc(OC[C@@H]2CCCNC2)c1. The maximum absolute atomic E-state index is 5.85. The van der Waals surface area contributed by atoms with E-state index in [-0.39, 0.29) is 0 Å². The zero-order chi connectivity index (χ0) is 11.2. The van der Waals surface area contributed by atoms with Crippen LogP contribution in [0.25, 0.3) is 0 Å². The molecule has 88 valence electrons. The Bertz CT molecular complexity index is 318. The lowest BCUT2D eigenvalue weighted by Crippen LogP contribution is -2.33. The molecule has 1 aliphatic heterocycles. The van der Waals surface area contributed by atoms with Crippen LogP contribution >= 0.6 is 0 Å². The number of ether oxygens (including phenoxy) is 1. The van der Waals surface area contributed by atoms with Gasteiger partial charge in [0.05, 0.1) is 6.61 Å². The number of rotatable bonds is 4. The van der Waals surface area contributed by atoms with E-state index in [1.54, 1.807) is 0 Å². The van der Waals surface area contributed by atoms with Crippen molar-refractivity contribution in [2.24, 2.45) is 5.92 Å². The van der Waals surface area contributed by atoms with Crippen LogP contribution in [0.3, 0.4) is 0 Å². The van der Waals surface area contributed by atoms with Crippen LogP contribution in [0.5, 0.6) is 5.75 Å². The Labute approximate surface area is 98.0 Å². The Morgan fingerprint density at radius 1 is 1.44 bits per heavy atom. The molecule has 1 N–H and O–H groups in total.